The lowest BCUT2D eigenvalue weighted by Gasteiger charge is -2.24. The number of amides is 1. The number of carbonyl (C=O) groups is 1. The van der Waals surface area contributed by atoms with Crippen LogP contribution in [0, 0.1) is 0 Å². The van der Waals surface area contributed by atoms with Crippen molar-refractivity contribution in [1.82, 2.24) is 15.1 Å². The average molecular weight is 405 g/mol. The van der Waals surface area contributed by atoms with E-state index >= 15 is 0 Å². The molecule has 6 heteroatoms. The third-order valence-corrected chi connectivity index (χ3v) is 5.77. The minimum Gasteiger partial charge on any atom is -0.297 e. The monoisotopic (exact) mass is 404 g/mol. The van der Waals surface area contributed by atoms with Crippen LogP contribution in [0.4, 0.5) is 5.13 Å². The zero-order valence-electron chi connectivity index (χ0n) is 16.3. The fourth-order valence-corrected chi connectivity index (χ4v) is 4.20. The molecular formula is C23H24N4OS. The van der Waals surface area contributed by atoms with Crippen molar-refractivity contribution in [3.8, 4) is 11.1 Å². The van der Waals surface area contributed by atoms with Crippen LogP contribution in [0.2, 0.25) is 0 Å². The van der Waals surface area contributed by atoms with Crippen LogP contribution in [0.3, 0.4) is 0 Å². The molecule has 1 aliphatic heterocycles. The van der Waals surface area contributed by atoms with Gasteiger partial charge in [0.05, 0.1) is 6.54 Å². The molecule has 1 fully saturated rings. The smallest absolute Gasteiger partial charge is 0.250 e. The minimum atomic E-state index is -0.196. The SMILES string of the molecule is O=C(/C=C/c1ccc(-c2ccccc2)cc1)Nc1nnc(CN2CCCCC2)s1. The predicted molar refractivity (Wildman–Crippen MR) is 119 cm³/mol. The lowest BCUT2D eigenvalue weighted by molar-refractivity contribution is -0.111. The zero-order chi connectivity index (χ0) is 19.9. The van der Waals surface area contributed by atoms with Gasteiger partial charge in [-0.15, -0.1) is 10.2 Å². The lowest BCUT2D eigenvalue weighted by Crippen LogP contribution is -2.28. The first-order valence-electron chi connectivity index (χ1n) is 9.95. The molecule has 1 saturated heterocycles. The summed E-state index contributed by atoms with van der Waals surface area (Å²) in [4.78, 5) is 14.6. The summed E-state index contributed by atoms with van der Waals surface area (Å²) < 4.78 is 0. The highest BCUT2D eigenvalue weighted by Gasteiger charge is 2.13. The Hall–Kier alpha value is -2.83. The van der Waals surface area contributed by atoms with Crippen molar-refractivity contribution in [2.24, 2.45) is 0 Å². The van der Waals surface area contributed by atoms with Crippen molar-refractivity contribution in [1.29, 1.82) is 0 Å². The van der Waals surface area contributed by atoms with Gasteiger partial charge in [-0.1, -0.05) is 72.4 Å². The second kappa shape index (κ2) is 9.58. The van der Waals surface area contributed by atoms with E-state index in [-0.39, 0.29) is 5.91 Å². The van der Waals surface area contributed by atoms with Crippen molar-refractivity contribution in [2.75, 3.05) is 18.4 Å². The number of piperidine rings is 1. The van der Waals surface area contributed by atoms with Crippen molar-refractivity contribution < 1.29 is 4.79 Å². The van der Waals surface area contributed by atoms with Gasteiger partial charge in [-0.05, 0) is 48.7 Å². The second-order valence-electron chi connectivity index (χ2n) is 7.15. The van der Waals surface area contributed by atoms with E-state index in [1.165, 1.54) is 42.2 Å². The van der Waals surface area contributed by atoms with Gasteiger partial charge in [-0.2, -0.15) is 0 Å². The van der Waals surface area contributed by atoms with Crippen molar-refractivity contribution in [2.45, 2.75) is 25.8 Å². The van der Waals surface area contributed by atoms with Gasteiger partial charge < -0.3 is 0 Å². The molecule has 2 heterocycles. The average Bonchev–Trinajstić information content (AvgIpc) is 3.20. The first-order valence-corrected chi connectivity index (χ1v) is 10.8. The van der Waals surface area contributed by atoms with E-state index < -0.39 is 0 Å². The molecule has 1 amide bonds. The van der Waals surface area contributed by atoms with Gasteiger partial charge in [0, 0.05) is 6.08 Å². The first kappa shape index (κ1) is 19.5. The van der Waals surface area contributed by atoms with Gasteiger partial charge in [-0.3, -0.25) is 15.0 Å². The lowest BCUT2D eigenvalue weighted by atomic mass is 10.0. The van der Waals surface area contributed by atoms with Crippen LogP contribution in [-0.2, 0) is 11.3 Å². The Balaban J connectivity index is 1.30. The molecule has 0 unspecified atom stereocenters. The fraction of sp³-hybridized carbons (Fsp3) is 0.261. The van der Waals surface area contributed by atoms with E-state index in [4.69, 9.17) is 0 Å². The van der Waals surface area contributed by atoms with E-state index in [9.17, 15) is 4.79 Å². The van der Waals surface area contributed by atoms with E-state index in [0.29, 0.717) is 5.13 Å². The molecule has 0 aliphatic carbocycles. The van der Waals surface area contributed by atoms with Gasteiger partial charge in [0.2, 0.25) is 11.0 Å². The molecule has 3 aromatic rings. The first-order chi connectivity index (χ1) is 14.3. The summed E-state index contributed by atoms with van der Waals surface area (Å²) >= 11 is 1.45. The van der Waals surface area contributed by atoms with Gasteiger partial charge in [-0.25, -0.2) is 0 Å². The largest absolute Gasteiger partial charge is 0.297 e. The van der Waals surface area contributed by atoms with Gasteiger partial charge >= 0.3 is 0 Å². The number of rotatable bonds is 6. The highest BCUT2D eigenvalue weighted by atomic mass is 32.1. The highest BCUT2D eigenvalue weighted by Crippen LogP contribution is 2.21. The minimum absolute atomic E-state index is 0.196. The highest BCUT2D eigenvalue weighted by molar-refractivity contribution is 7.15. The number of benzene rings is 2. The Morgan fingerprint density at radius 2 is 1.69 bits per heavy atom. The van der Waals surface area contributed by atoms with Crippen molar-refractivity contribution in [3.05, 3.63) is 71.2 Å². The number of aromatic nitrogens is 2. The summed E-state index contributed by atoms with van der Waals surface area (Å²) in [7, 11) is 0. The topological polar surface area (TPSA) is 58.1 Å². The van der Waals surface area contributed by atoms with Crippen LogP contribution < -0.4 is 5.32 Å². The Morgan fingerprint density at radius 1 is 0.966 bits per heavy atom. The fourth-order valence-electron chi connectivity index (χ4n) is 3.41. The molecule has 4 rings (SSSR count). The molecule has 0 bridgehead atoms. The summed E-state index contributed by atoms with van der Waals surface area (Å²) in [5.41, 5.74) is 3.31. The number of nitrogens with one attached hydrogen (secondary N) is 1. The summed E-state index contributed by atoms with van der Waals surface area (Å²) in [6.45, 7) is 3.05. The number of likely N-dealkylation sites (tertiary alicyclic amines) is 1. The molecule has 0 saturated carbocycles. The molecule has 5 nitrogen and oxygen atoms in total. The molecule has 0 atom stereocenters. The van der Waals surface area contributed by atoms with Crippen LogP contribution in [0.1, 0.15) is 29.8 Å². The number of anilines is 1. The molecule has 1 aliphatic rings. The summed E-state index contributed by atoms with van der Waals surface area (Å²) in [6, 6.07) is 18.4. The third-order valence-electron chi connectivity index (χ3n) is 4.95. The Morgan fingerprint density at radius 3 is 2.45 bits per heavy atom. The number of nitrogens with zero attached hydrogens (tertiary/aromatic N) is 3. The maximum absolute atomic E-state index is 12.2. The zero-order valence-corrected chi connectivity index (χ0v) is 17.1. The van der Waals surface area contributed by atoms with Crippen LogP contribution in [-0.4, -0.2) is 34.1 Å². The van der Waals surface area contributed by atoms with Crippen LogP contribution in [0.5, 0.6) is 0 Å². The second-order valence-corrected chi connectivity index (χ2v) is 8.21. The molecular weight excluding hydrogens is 380 g/mol. The van der Waals surface area contributed by atoms with E-state index in [0.717, 1.165) is 35.8 Å². The standard InChI is InChI=1S/C23H24N4OS/c28-21(24-23-26-25-22(29-23)17-27-15-5-2-6-16-27)14-11-18-9-12-20(13-10-18)19-7-3-1-4-8-19/h1,3-4,7-14H,2,5-6,15-17H2,(H,24,26,28)/b14-11+. The van der Waals surface area contributed by atoms with Gasteiger partial charge in [0.15, 0.2) is 0 Å². The Bertz CT molecular complexity index is 960. The summed E-state index contributed by atoms with van der Waals surface area (Å²) in [6.07, 6.45) is 7.15. The van der Waals surface area contributed by atoms with E-state index in [1.807, 2.05) is 30.3 Å². The van der Waals surface area contributed by atoms with E-state index in [2.05, 4.69) is 44.7 Å². The number of hydrogen-bond acceptors (Lipinski definition) is 5. The van der Waals surface area contributed by atoms with Crippen molar-refractivity contribution in [3.63, 3.8) is 0 Å². The van der Waals surface area contributed by atoms with Crippen LogP contribution in [0.15, 0.2) is 60.7 Å². The maximum Gasteiger partial charge on any atom is 0.250 e. The third kappa shape index (κ3) is 5.59. The van der Waals surface area contributed by atoms with Crippen LogP contribution >= 0.6 is 11.3 Å². The van der Waals surface area contributed by atoms with Crippen LogP contribution in [0.25, 0.3) is 17.2 Å². The number of carbonyl (C=O) groups excluding carboxylic acids is 1. The van der Waals surface area contributed by atoms with Gasteiger partial charge in [0.25, 0.3) is 0 Å². The molecule has 0 spiro atoms. The molecule has 29 heavy (non-hydrogen) atoms. The summed E-state index contributed by atoms with van der Waals surface area (Å²) in [5.74, 6) is -0.196. The Kier molecular flexibility index (Phi) is 6.44. The van der Waals surface area contributed by atoms with Crippen molar-refractivity contribution >= 4 is 28.5 Å². The molecule has 148 valence electrons. The predicted octanol–water partition coefficient (Wildman–Crippen LogP) is 4.84. The molecule has 2 aromatic carbocycles. The molecule has 0 radical (unpaired) electrons. The quantitative estimate of drug-likeness (QED) is 0.597. The number of hydrogen-bond donors (Lipinski definition) is 1. The van der Waals surface area contributed by atoms with E-state index in [1.54, 1.807) is 6.08 Å². The molecule has 1 N–H and O–H groups in total. The van der Waals surface area contributed by atoms with Gasteiger partial charge in [0.1, 0.15) is 5.01 Å². The summed E-state index contributed by atoms with van der Waals surface area (Å²) in [5, 5.41) is 12.6. The normalized spacial score (nSPS) is 14.9. The Labute approximate surface area is 175 Å². The maximum atomic E-state index is 12.2. The molecule has 1 aromatic heterocycles.